The topological polar surface area (TPSA) is 111 Å². The molecule has 0 aliphatic rings. The summed E-state index contributed by atoms with van der Waals surface area (Å²) in [5.41, 5.74) is 0.979. The molecule has 1 N–H and O–H groups in total. The molecular weight excluding hydrogens is 448 g/mol. The summed E-state index contributed by atoms with van der Waals surface area (Å²) in [7, 11) is 0.189. The van der Waals surface area contributed by atoms with Crippen LogP contribution in [0.4, 0.5) is 11.4 Å². The van der Waals surface area contributed by atoms with Crippen molar-refractivity contribution in [1.29, 1.82) is 0 Å². The van der Waals surface area contributed by atoms with Crippen molar-refractivity contribution in [2.45, 2.75) is 6.92 Å². The maximum atomic E-state index is 12.8. The van der Waals surface area contributed by atoms with Gasteiger partial charge in [0.25, 0.3) is 0 Å². The molecule has 11 heteroatoms. The summed E-state index contributed by atoms with van der Waals surface area (Å²) in [6.45, 7) is 1.15. The van der Waals surface area contributed by atoms with Crippen molar-refractivity contribution in [2.75, 3.05) is 43.8 Å². The molecule has 2 rings (SSSR count). The van der Waals surface area contributed by atoms with E-state index in [1.807, 2.05) is 0 Å². The summed E-state index contributed by atoms with van der Waals surface area (Å²) >= 11 is 5.95. The Morgan fingerprint density at radius 2 is 1.68 bits per heavy atom. The molecule has 0 fully saturated rings. The van der Waals surface area contributed by atoms with Gasteiger partial charge in [0, 0.05) is 17.2 Å². The third kappa shape index (κ3) is 5.80. The first-order valence-electron chi connectivity index (χ1n) is 8.89. The number of amides is 1. The Morgan fingerprint density at radius 3 is 2.19 bits per heavy atom. The van der Waals surface area contributed by atoms with Crippen LogP contribution < -0.4 is 19.1 Å². The summed E-state index contributed by atoms with van der Waals surface area (Å²) in [5.74, 6) is -0.878. The van der Waals surface area contributed by atoms with Crippen molar-refractivity contribution < 1.29 is 32.2 Å². The van der Waals surface area contributed by atoms with Gasteiger partial charge in [-0.1, -0.05) is 11.6 Å². The molecule has 0 saturated heterocycles. The molecule has 0 atom stereocenters. The number of hydrogen-bond acceptors (Lipinski definition) is 7. The highest BCUT2D eigenvalue weighted by Crippen LogP contribution is 2.34. The van der Waals surface area contributed by atoms with Crippen molar-refractivity contribution in [2.24, 2.45) is 0 Å². The van der Waals surface area contributed by atoms with Crippen LogP contribution in [0.15, 0.2) is 30.3 Å². The van der Waals surface area contributed by atoms with Crippen molar-refractivity contribution in [3.05, 3.63) is 46.5 Å². The zero-order chi connectivity index (χ0) is 23.3. The molecule has 9 nitrogen and oxygen atoms in total. The van der Waals surface area contributed by atoms with Crippen LogP contribution in [0.5, 0.6) is 11.5 Å². The van der Waals surface area contributed by atoms with Crippen LogP contribution in [0.25, 0.3) is 0 Å². The molecule has 0 heterocycles. The number of carbonyl (C=O) groups excluding carboxylic acids is 2. The summed E-state index contributed by atoms with van der Waals surface area (Å²) in [6, 6.07) is 7.39. The van der Waals surface area contributed by atoms with Gasteiger partial charge >= 0.3 is 5.97 Å². The van der Waals surface area contributed by atoms with Crippen LogP contribution in [0.3, 0.4) is 0 Å². The van der Waals surface area contributed by atoms with Gasteiger partial charge in [-0.05, 0) is 30.7 Å². The summed E-state index contributed by atoms with van der Waals surface area (Å²) in [5, 5.41) is 2.98. The Hall–Kier alpha value is -2.98. The second kappa shape index (κ2) is 9.88. The Morgan fingerprint density at radius 1 is 1.06 bits per heavy atom. The lowest BCUT2D eigenvalue weighted by Crippen LogP contribution is -2.38. The molecule has 0 radical (unpaired) electrons. The molecule has 0 aliphatic heterocycles. The molecule has 1 amide bonds. The molecule has 168 valence electrons. The number of methoxy groups -OCH3 is 3. The van der Waals surface area contributed by atoms with E-state index in [2.05, 4.69) is 5.32 Å². The maximum Gasteiger partial charge on any atom is 0.340 e. The third-order valence-corrected chi connectivity index (χ3v) is 5.68. The molecule has 0 aromatic heterocycles. The monoisotopic (exact) mass is 470 g/mol. The molecular formula is C20H23ClN2O7S. The zero-order valence-electron chi connectivity index (χ0n) is 17.7. The minimum Gasteiger partial charge on any atom is -0.493 e. The average molecular weight is 471 g/mol. The number of ether oxygens (including phenoxy) is 3. The Kier molecular flexibility index (Phi) is 7.75. The van der Waals surface area contributed by atoms with E-state index >= 15 is 0 Å². The standard InChI is InChI=1S/C20H23ClN2O7S/c1-12-8-13(21)6-7-16(12)23(31(5,26)27)11-19(24)22-15-10-18(29-3)17(28-2)9-14(15)20(25)30-4/h6-10H,11H2,1-5H3,(H,22,24). The van der Waals surface area contributed by atoms with E-state index in [0.29, 0.717) is 16.3 Å². The van der Waals surface area contributed by atoms with Crippen LogP contribution in [-0.4, -0.2) is 54.4 Å². The number of rotatable bonds is 8. The Labute approximate surface area is 185 Å². The van der Waals surface area contributed by atoms with Crippen LogP contribution in [0.2, 0.25) is 5.02 Å². The number of anilines is 2. The highest BCUT2D eigenvalue weighted by atomic mass is 35.5. The number of halogens is 1. The van der Waals surface area contributed by atoms with Crippen molar-refractivity contribution in [1.82, 2.24) is 0 Å². The highest BCUT2D eigenvalue weighted by molar-refractivity contribution is 7.92. The molecule has 2 aromatic carbocycles. The largest absolute Gasteiger partial charge is 0.493 e. The lowest BCUT2D eigenvalue weighted by Gasteiger charge is -2.24. The first-order valence-corrected chi connectivity index (χ1v) is 11.1. The first kappa shape index (κ1) is 24.3. The van der Waals surface area contributed by atoms with Crippen LogP contribution in [-0.2, 0) is 19.6 Å². The van der Waals surface area contributed by atoms with Gasteiger partial charge in [-0.15, -0.1) is 0 Å². The quantitative estimate of drug-likeness (QED) is 0.590. The van der Waals surface area contributed by atoms with Crippen LogP contribution in [0.1, 0.15) is 15.9 Å². The van der Waals surface area contributed by atoms with E-state index in [9.17, 15) is 18.0 Å². The SMILES string of the molecule is COC(=O)c1cc(OC)c(OC)cc1NC(=O)CN(c1ccc(Cl)cc1C)S(C)(=O)=O. The molecule has 0 unspecified atom stereocenters. The number of benzene rings is 2. The fourth-order valence-corrected chi connectivity index (χ4v) is 4.00. The lowest BCUT2D eigenvalue weighted by molar-refractivity contribution is -0.114. The summed E-state index contributed by atoms with van der Waals surface area (Å²) in [4.78, 5) is 24.9. The highest BCUT2D eigenvalue weighted by Gasteiger charge is 2.24. The normalized spacial score (nSPS) is 10.9. The van der Waals surface area contributed by atoms with Crippen LogP contribution in [0, 0.1) is 6.92 Å². The summed E-state index contributed by atoms with van der Waals surface area (Å²) < 4.78 is 40.8. The number of nitrogens with one attached hydrogen (secondary N) is 1. The van der Waals surface area contributed by atoms with Crippen LogP contribution >= 0.6 is 11.6 Å². The van der Waals surface area contributed by atoms with E-state index in [1.165, 1.54) is 45.6 Å². The van der Waals surface area contributed by atoms with Gasteiger partial charge in [0.2, 0.25) is 15.9 Å². The number of esters is 1. The molecule has 2 aromatic rings. The Bertz CT molecular complexity index is 1100. The summed E-state index contributed by atoms with van der Waals surface area (Å²) in [6.07, 6.45) is 0.991. The van der Waals surface area contributed by atoms with E-state index < -0.39 is 28.4 Å². The number of sulfonamides is 1. The molecule has 0 spiro atoms. The lowest BCUT2D eigenvalue weighted by atomic mass is 10.1. The minimum absolute atomic E-state index is 0.0158. The Balaban J connectivity index is 2.41. The second-order valence-corrected chi connectivity index (χ2v) is 8.84. The fraction of sp³-hybridized carbons (Fsp3) is 0.300. The van der Waals surface area contributed by atoms with E-state index in [4.69, 9.17) is 25.8 Å². The minimum atomic E-state index is -3.80. The van der Waals surface area contributed by atoms with E-state index in [1.54, 1.807) is 13.0 Å². The van der Waals surface area contributed by atoms with E-state index in [-0.39, 0.29) is 22.7 Å². The van der Waals surface area contributed by atoms with Gasteiger partial charge in [-0.3, -0.25) is 9.10 Å². The first-order chi connectivity index (χ1) is 14.5. The van der Waals surface area contributed by atoms with Crippen molar-refractivity contribution in [3.63, 3.8) is 0 Å². The third-order valence-electron chi connectivity index (χ3n) is 4.32. The van der Waals surface area contributed by atoms with Crippen molar-refractivity contribution in [3.8, 4) is 11.5 Å². The fourth-order valence-electron chi connectivity index (χ4n) is 2.86. The van der Waals surface area contributed by atoms with Crippen molar-refractivity contribution >= 4 is 44.9 Å². The second-order valence-electron chi connectivity index (χ2n) is 6.49. The molecule has 0 bridgehead atoms. The maximum absolute atomic E-state index is 12.8. The van der Waals surface area contributed by atoms with E-state index in [0.717, 1.165) is 10.6 Å². The predicted octanol–water partition coefficient (Wildman–Crippen LogP) is 2.86. The van der Waals surface area contributed by atoms with Gasteiger partial charge in [0.1, 0.15) is 6.54 Å². The van der Waals surface area contributed by atoms with Gasteiger partial charge < -0.3 is 19.5 Å². The number of aryl methyl sites for hydroxylation is 1. The smallest absolute Gasteiger partial charge is 0.340 e. The number of hydrogen-bond donors (Lipinski definition) is 1. The van der Waals surface area contributed by atoms with Gasteiger partial charge in [-0.25, -0.2) is 13.2 Å². The number of nitrogens with zero attached hydrogens (tertiary/aromatic N) is 1. The number of carbonyl (C=O) groups is 2. The molecule has 0 aliphatic carbocycles. The predicted molar refractivity (Wildman–Crippen MR) is 118 cm³/mol. The van der Waals surface area contributed by atoms with Gasteiger partial charge in [-0.2, -0.15) is 0 Å². The zero-order valence-corrected chi connectivity index (χ0v) is 19.3. The van der Waals surface area contributed by atoms with Gasteiger partial charge in [0.15, 0.2) is 11.5 Å². The average Bonchev–Trinajstić information content (AvgIpc) is 2.70. The molecule has 31 heavy (non-hydrogen) atoms. The molecule has 0 saturated carbocycles. The van der Waals surface area contributed by atoms with Gasteiger partial charge in [0.05, 0.1) is 44.5 Å².